The van der Waals surface area contributed by atoms with Crippen LogP contribution in [0.1, 0.15) is 13.8 Å². The number of hydrogen-bond donors (Lipinski definition) is 0. The van der Waals surface area contributed by atoms with E-state index in [1.165, 1.54) is 6.26 Å². The van der Waals surface area contributed by atoms with Crippen molar-refractivity contribution in [2.45, 2.75) is 24.3 Å². The van der Waals surface area contributed by atoms with Crippen LogP contribution in [0.2, 0.25) is 0 Å². The average molecular weight is 254 g/mol. The zero-order valence-electron chi connectivity index (χ0n) is 6.61. The Morgan fingerprint density at radius 2 is 2.17 bits per heavy atom. The minimum atomic E-state index is -3.36. The van der Waals surface area contributed by atoms with E-state index in [-0.39, 0.29) is 5.22 Å². The van der Waals surface area contributed by atoms with Crippen LogP contribution in [0, 0.1) is 0 Å². The first-order chi connectivity index (χ1) is 5.44. The van der Waals surface area contributed by atoms with Gasteiger partial charge in [0.2, 0.25) is 9.84 Å². The fraction of sp³-hybridized carbons (Fsp3) is 0.500. The summed E-state index contributed by atoms with van der Waals surface area (Å²) in [5.41, 5.74) is 0. The normalized spacial score (nSPS) is 12.3. The van der Waals surface area contributed by atoms with Crippen molar-refractivity contribution in [3.8, 4) is 0 Å². The summed E-state index contributed by atoms with van der Waals surface area (Å²) in [4.78, 5) is 3.67. The predicted octanol–water partition coefficient (Wildman–Crippen LogP) is 1.62. The second-order valence-electron chi connectivity index (χ2n) is 2.53. The Labute approximate surface area is 79.0 Å². The molecule has 0 saturated heterocycles. The van der Waals surface area contributed by atoms with Crippen LogP contribution in [0.25, 0.3) is 0 Å². The van der Waals surface area contributed by atoms with Gasteiger partial charge in [-0.2, -0.15) is 4.98 Å². The van der Waals surface area contributed by atoms with Crippen LogP contribution in [0.3, 0.4) is 0 Å². The van der Waals surface area contributed by atoms with Gasteiger partial charge in [0.15, 0.2) is 0 Å². The van der Waals surface area contributed by atoms with Crippen LogP contribution >= 0.6 is 15.9 Å². The molecule has 0 aliphatic carbocycles. The van der Waals surface area contributed by atoms with Crippen LogP contribution < -0.4 is 0 Å². The van der Waals surface area contributed by atoms with Gasteiger partial charge in [-0.25, -0.2) is 8.42 Å². The van der Waals surface area contributed by atoms with Crippen LogP contribution in [-0.2, 0) is 9.84 Å². The first kappa shape index (κ1) is 9.73. The zero-order valence-corrected chi connectivity index (χ0v) is 9.02. The van der Waals surface area contributed by atoms with E-state index in [1.807, 2.05) is 0 Å². The molecule has 1 aromatic rings. The van der Waals surface area contributed by atoms with Gasteiger partial charge in [-0.3, -0.25) is 0 Å². The van der Waals surface area contributed by atoms with E-state index in [2.05, 4.69) is 20.9 Å². The molecule has 68 valence electrons. The van der Waals surface area contributed by atoms with E-state index in [0.717, 1.165) is 0 Å². The molecule has 1 heterocycles. The lowest BCUT2D eigenvalue weighted by molar-refractivity contribution is 0.427. The molecule has 0 bridgehead atoms. The van der Waals surface area contributed by atoms with Crippen molar-refractivity contribution >= 4 is 25.8 Å². The molecule has 0 aliphatic heterocycles. The number of halogens is 1. The molecule has 0 aromatic carbocycles. The zero-order chi connectivity index (χ0) is 9.35. The van der Waals surface area contributed by atoms with Crippen molar-refractivity contribution in [2.75, 3.05) is 0 Å². The summed E-state index contributed by atoms with van der Waals surface area (Å²) in [6.07, 6.45) is 1.25. The minimum absolute atomic E-state index is 0.232. The molecule has 0 aliphatic rings. The second kappa shape index (κ2) is 3.18. The molecule has 0 amide bonds. The van der Waals surface area contributed by atoms with E-state index in [0.29, 0.717) is 4.60 Å². The maximum atomic E-state index is 11.4. The number of oxazole rings is 1. The third-order valence-corrected chi connectivity index (χ3v) is 3.60. The molecule has 6 heteroatoms. The Morgan fingerprint density at radius 1 is 1.58 bits per heavy atom. The van der Waals surface area contributed by atoms with Gasteiger partial charge in [-0.05, 0) is 29.8 Å². The van der Waals surface area contributed by atoms with Gasteiger partial charge in [0.05, 0.1) is 5.25 Å². The molecule has 1 aromatic heterocycles. The van der Waals surface area contributed by atoms with Gasteiger partial charge in [0, 0.05) is 0 Å². The Morgan fingerprint density at radius 3 is 2.50 bits per heavy atom. The summed E-state index contributed by atoms with van der Waals surface area (Å²) in [6, 6.07) is 0. The fourth-order valence-corrected chi connectivity index (χ4v) is 1.75. The van der Waals surface area contributed by atoms with E-state index in [1.54, 1.807) is 13.8 Å². The first-order valence-electron chi connectivity index (χ1n) is 3.29. The maximum Gasteiger partial charge on any atom is 0.316 e. The summed E-state index contributed by atoms with van der Waals surface area (Å²) in [6.45, 7) is 3.15. The van der Waals surface area contributed by atoms with Gasteiger partial charge in [-0.1, -0.05) is 0 Å². The molecule has 0 atom stereocenters. The molecule has 4 nitrogen and oxygen atoms in total. The lowest BCUT2D eigenvalue weighted by Gasteiger charge is -2.00. The van der Waals surface area contributed by atoms with Crippen LogP contribution in [0.15, 0.2) is 20.5 Å². The SMILES string of the molecule is CC(C)S(=O)(=O)c1nc(Br)co1. The van der Waals surface area contributed by atoms with E-state index in [9.17, 15) is 8.42 Å². The molecule has 0 saturated carbocycles. The number of sulfone groups is 1. The van der Waals surface area contributed by atoms with Crippen LogP contribution in [-0.4, -0.2) is 18.7 Å². The largest absolute Gasteiger partial charge is 0.435 e. The molecule has 0 radical (unpaired) electrons. The molecular formula is C6H8BrNO3S. The van der Waals surface area contributed by atoms with Crippen molar-refractivity contribution in [3.63, 3.8) is 0 Å². The summed E-state index contributed by atoms with van der Waals surface area (Å²) in [7, 11) is -3.36. The Kier molecular flexibility index (Phi) is 2.58. The first-order valence-corrected chi connectivity index (χ1v) is 5.63. The van der Waals surface area contributed by atoms with Gasteiger partial charge in [0.1, 0.15) is 10.9 Å². The highest BCUT2D eigenvalue weighted by Crippen LogP contribution is 2.17. The molecule has 0 fully saturated rings. The topological polar surface area (TPSA) is 60.2 Å². The summed E-state index contributed by atoms with van der Waals surface area (Å²) in [5, 5.41) is -0.743. The summed E-state index contributed by atoms with van der Waals surface area (Å²) >= 11 is 3.00. The van der Waals surface area contributed by atoms with Gasteiger partial charge in [0.25, 0.3) is 0 Å². The standard InChI is InChI=1S/C6H8BrNO3S/c1-4(2)12(9,10)6-8-5(7)3-11-6/h3-4H,1-2H3. The number of nitrogens with zero attached hydrogens (tertiary/aromatic N) is 1. The summed E-state index contributed by atoms with van der Waals surface area (Å²) < 4.78 is 27.9. The highest BCUT2D eigenvalue weighted by molar-refractivity contribution is 9.10. The van der Waals surface area contributed by atoms with Crippen molar-refractivity contribution < 1.29 is 12.8 Å². The Hall–Kier alpha value is -0.360. The molecule has 0 spiro atoms. The average Bonchev–Trinajstić information content (AvgIpc) is 2.35. The number of hydrogen-bond acceptors (Lipinski definition) is 4. The Balaban J connectivity index is 3.15. The fourth-order valence-electron chi connectivity index (χ4n) is 0.571. The highest BCUT2D eigenvalue weighted by atomic mass is 79.9. The monoisotopic (exact) mass is 253 g/mol. The molecular weight excluding hydrogens is 246 g/mol. The van der Waals surface area contributed by atoms with Crippen LogP contribution in [0.5, 0.6) is 0 Å². The molecule has 0 N–H and O–H groups in total. The van der Waals surface area contributed by atoms with Crippen molar-refractivity contribution in [1.82, 2.24) is 4.98 Å². The van der Waals surface area contributed by atoms with Crippen molar-refractivity contribution in [2.24, 2.45) is 0 Å². The number of aromatic nitrogens is 1. The summed E-state index contributed by atoms with van der Waals surface area (Å²) in [5.74, 6) is 0. The third kappa shape index (κ3) is 1.69. The third-order valence-electron chi connectivity index (χ3n) is 1.32. The smallest absolute Gasteiger partial charge is 0.316 e. The lowest BCUT2D eigenvalue weighted by Crippen LogP contribution is -2.14. The van der Waals surface area contributed by atoms with Crippen molar-refractivity contribution in [1.29, 1.82) is 0 Å². The maximum absolute atomic E-state index is 11.4. The minimum Gasteiger partial charge on any atom is -0.435 e. The number of rotatable bonds is 2. The predicted molar refractivity (Wildman–Crippen MR) is 46.5 cm³/mol. The second-order valence-corrected chi connectivity index (χ2v) is 5.72. The molecule has 12 heavy (non-hydrogen) atoms. The molecule has 0 unspecified atom stereocenters. The van der Waals surface area contributed by atoms with E-state index in [4.69, 9.17) is 4.42 Å². The van der Waals surface area contributed by atoms with Gasteiger partial charge in [-0.15, -0.1) is 0 Å². The van der Waals surface area contributed by atoms with Gasteiger partial charge < -0.3 is 4.42 Å². The van der Waals surface area contributed by atoms with Gasteiger partial charge >= 0.3 is 5.22 Å². The van der Waals surface area contributed by atoms with E-state index < -0.39 is 15.1 Å². The van der Waals surface area contributed by atoms with Crippen LogP contribution in [0.4, 0.5) is 0 Å². The highest BCUT2D eigenvalue weighted by Gasteiger charge is 2.24. The van der Waals surface area contributed by atoms with Crippen molar-refractivity contribution in [3.05, 3.63) is 10.9 Å². The lowest BCUT2D eigenvalue weighted by atomic mass is 10.6. The Bertz CT molecular complexity index is 368. The quantitative estimate of drug-likeness (QED) is 0.804. The molecule has 1 rings (SSSR count). The van der Waals surface area contributed by atoms with E-state index >= 15 is 0 Å².